The fourth-order valence-corrected chi connectivity index (χ4v) is 7.32. The van der Waals surface area contributed by atoms with E-state index in [4.69, 9.17) is 14.2 Å². The molecule has 0 aromatic heterocycles. The number of methoxy groups -OCH3 is 1. The zero-order valence-electron chi connectivity index (χ0n) is 26.7. The lowest BCUT2D eigenvalue weighted by atomic mass is 10.0. The molecule has 2 aromatic carbocycles. The summed E-state index contributed by atoms with van der Waals surface area (Å²) in [6.45, 7) is 6.02. The maximum atomic E-state index is 13.9. The van der Waals surface area contributed by atoms with Gasteiger partial charge in [0, 0.05) is 26.1 Å². The SMILES string of the molecule is COc1ccc(S(=O)(=O)N(CC2CCCC2)C[C@@H](O)[C@H](Cc2ccccc2)NC(=O)O[C@H]2CCN(C(=O)OC(C)(C)C)C2)cc1. The first-order valence-electron chi connectivity index (χ1n) is 15.7. The van der Waals surface area contributed by atoms with Gasteiger partial charge in [0.2, 0.25) is 10.0 Å². The second kappa shape index (κ2) is 15.3. The first kappa shape index (κ1) is 34.5. The molecule has 0 radical (unpaired) electrons. The summed E-state index contributed by atoms with van der Waals surface area (Å²) in [6, 6.07) is 14.7. The van der Waals surface area contributed by atoms with Crippen molar-refractivity contribution >= 4 is 22.2 Å². The number of benzene rings is 2. The summed E-state index contributed by atoms with van der Waals surface area (Å²) >= 11 is 0. The van der Waals surface area contributed by atoms with Crippen LogP contribution in [0, 0.1) is 5.92 Å². The number of aliphatic hydroxyl groups is 1. The molecular formula is C33H47N3O8S. The second-order valence-corrected chi connectivity index (χ2v) is 14.8. The van der Waals surface area contributed by atoms with E-state index in [0.717, 1.165) is 31.2 Å². The molecular weight excluding hydrogens is 598 g/mol. The van der Waals surface area contributed by atoms with Crippen molar-refractivity contribution < 1.29 is 37.3 Å². The number of carbonyl (C=O) groups is 2. The highest BCUT2D eigenvalue weighted by atomic mass is 32.2. The molecule has 1 aliphatic heterocycles. The smallest absolute Gasteiger partial charge is 0.410 e. The van der Waals surface area contributed by atoms with E-state index in [2.05, 4.69) is 5.32 Å². The predicted molar refractivity (Wildman–Crippen MR) is 169 cm³/mol. The molecule has 2 aliphatic rings. The largest absolute Gasteiger partial charge is 0.497 e. The number of nitrogens with one attached hydrogen (secondary N) is 1. The van der Waals surface area contributed by atoms with Gasteiger partial charge in [-0.15, -0.1) is 0 Å². The average molecular weight is 646 g/mol. The van der Waals surface area contributed by atoms with Crippen molar-refractivity contribution in [2.24, 2.45) is 5.92 Å². The van der Waals surface area contributed by atoms with E-state index < -0.39 is 46.1 Å². The maximum absolute atomic E-state index is 13.9. The van der Waals surface area contributed by atoms with Crippen molar-refractivity contribution in [2.75, 3.05) is 33.3 Å². The van der Waals surface area contributed by atoms with E-state index in [1.807, 2.05) is 30.3 Å². The lowest BCUT2D eigenvalue weighted by Crippen LogP contribution is -2.51. The Balaban J connectivity index is 1.48. The van der Waals surface area contributed by atoms with E-state index >= 15 is 0 Å². The number of hydrogen-bond donors (Lipinski definition) is 2. The summed E-state index contributed by atoms with van der Waals surface area (Å²) in [5.74, 6) is 0.726. The molecule has 1 heterocycles. The number of nitrogens with zero attached hydrogens (tertiary/aromatic N) is 2. The van der Waals surface area contributed by atoms with Crippen LogP contribution in [0.1, 0.15) is 58.4 Å². The fraction of sp³-hybridized carbons (Fsp3) is 0.576. The molecule has 4 rings (SSSR count). The van der Waals surface area contributed by atoms with E-state index in [1.54, 1.807) is 32.9 Å². The zero-order valence-corrected chi connectivity index (χ0v) is 27.5. The van der Waals surface area contributed by atoms with Gasteiger partial charge in [-0.25, -0.2) is 18.0 Å². The Kier molecular flexibility index (Phi) is 11.7. The molecule has 3 atom stereocenters. The molecule has 0 bridgehead atoms. The number of rotatable bonds is 12. The summed E-state index contributed by atoms with van der Waals surface area (Å²) in [7, 11) is -2.45. The fourth-order valence-electron chi connectivity index (χ4n) is 5.79. The Labute approximate surface area is 266 Å². The van der Waals surface area contributed by atoms with Crippen molar-refractivity contribution in [3.8, 4) is 5.75 Å². The third kappa shape index (κ3) is 10.1. The molecule has 2 N–H and O–H groups in total. The Bertz CT molecular complexity index is 1360. The first-order valence-corrected chi connectivity index (χ1v) is 17.1. The Morgan fingerprint density at radius 1 is 1.04 bits per heavy atom. The van der Waals surface area contributed by atoms with Crippen LogP contribution >= 0.6 is 0 Å². The minimum absolute atomic E-state index is 0.108. The molecule has 248 valence electrons. The normalized spacial score (nSPS) is 18.9. The van der Waals surface area contributed by atoms with Crippen LogP contribution in [0.15, 0.2) is 59.5 Å². The minimum atomic E-state index is -3.97. The highest BCUT2D eigenvalue weighted by molar-refractivity contribution is 7.89. The molecule has 2 fully saturated rings. The Morgan fingerprint density at radius 3 is 2.33 bits per heavy atom. The van der Waals surface area contributed by atoms with Gasteiger partial charge in [-0.3, -0.25) is 0 Å². The van der Waals surface area contributed by atoms with Gasteiger partial charge in [0.05, 0.1) is 30.7 Å². The van der Waals surface area contributed by atoms with E-state index in [-0.39, 0.29) is 36.9 Å². The van der Waals surface area contributed by atoms with Crippen LogP contribution < -0.4 is 10.1 Å². The molecule has 1 saturated heterocycles. The first-order chi connectivity index (χ1) is 21.3. The van der Waals surface area contributed by atoms with Gasteiger partial charge in [0.1, 0.15) is 17.5 Å². The van der Waals surface area contributed by atoms with Gasteiger partial charge in [-0.1, -0.05) is 43.2 Å². The number of sulfonamides is 1. The number of carbonyl (C=O) groups excluding carboxylic acids is 2. The van der Waals surface area contributed by atoms with Crippen molar-refractivity contribution in [2.45, 2.75) is 88.0 Å². The molecule has 12 heteroatoms. The zero-order chi connectivity index (χ0) is 32.6. The Morgan fingerprint density at radius 2 is 1.71 bits per heavy atom. The molecule has 45 heavy (non-hydrogen) atoms. The van der Waals surface area contributed by atoms with E-state index in [0.29, 0.717) is 18.7 Å². The van der Waals surface area contributed by atoms with Crippen LogP contribution in [0.3, 0.4) is 0 Å². The van der Waals surface area contributed by atoms with Gasteiger partial charge in [-0.2, -0.15) is 4.31 Å². The van der Waals surface area contributed by atoms with Crippen LogP contribution in [0.2, 0.25) is 0 Å². The molecule has 1 saturated carbocycles. The molecule has 11 nitrogen and oxygen atoms in total. The van der Waals surface area contributed by atoms with Crippen molar-refractivity contribution in [3.05, 3.63) is 60.2 Å². The van der Waals surface area contributed by atoms with Gasteiger partial charge in [0.15, 0.2) is 0 Å². The number of alkyl carbamates (subject to hydrolysis) is 1. The Hall–Kier alpha value is -3.35. The summed E-state index contributed by atoms with van der Waals surface area (Å²) < 4.78 is 45.4. The van der Waals surface area contributed by atoms with Crippen LogP contribution in [0.25, 0.3) is 0 Å². The van der Waals surface area contributed by atoms with Crippen LogP contribution in [0.4, 0.5) is 9.59 Å². The summed E-state index contributed by atoms with van der Waals surface area (Å²) in [4.78, 5) is 27.2. The van der Waals surface area contributed by atoms with E-state index in [1.165, 1.54) is 28.4 Å². The van der Waals surface area contributed by atoms with Gasteiger partial charge < -0.3 is 29.5 Å². The molecule has 2 amide bonds. The molecule has 2 aromatic rings. The summed E-state index contributed by atoms with van der Waals surface area (Å²) in [6.07, 6.45) is 1.64. The van der Waals surface area contributed by atoms with Crippen molar-refractivity contribution in [1.29, 1.82) is 0 Å². The standard InChI is InChI=1S/C33H47N3O8S/c1-33(2,3)44-32(39)35-19-18-27(22-35)43-31(38)34-29(20-24-10-6-5-7-11-24)30(37)23-36(21-25-12-8-9-13-25)45(40,41)28-16-14-26(42-4)15-17-28/h5-7,10-11,14-17,25,27,29-30,37H,8-9,12-13,18-23H2,1-4H3,(H,34,38)/t27-,29-,30+/m0/s1. The average Bonchev–Trinajstić information content (AvgIpc) is 3.69. The van der Waals surface area contributed by atoms with Gasteiger partial charge >= 0.3 is 12.2 Å². The number of amides is 2. The second-order valence-electron chi connectivity index (χ2n) is 12.9. The number of hydrogen-bond acceptors (Lipinski definition) is 8. The molecule has 0 spiro atoms. The van der Waals surface area contributed by atoms with Crippen molar-refractivity contribution in [1.82, 2.24) is 14.5 Å². The van der Waals surface area contributed by atoms with Crippen LogP contribution in [-0.4, -0.2) is 92.1 Å². The highest BCUT2D eigenvalue weighted by Gasteiger charge is 2.35. The third-order valence-corrected chi connectivity index (χ3v) is 10.0. The summed E-state index contributed by atoms with van der Waals surface area (Å²) in [5, 5.41) is 14.4. The van der Waals surface area contributed by atoms with Gasteiger partial charge in [0.25, 0.3) is 0 Å². The lowest BCUT2D eigenvalue weighted by molar-refractivity contribution is 0.0254. The van der Waals surface area contributed by atoms with Crippen LogP contribution in [0.5, 0.6) is 5.75 Å². The number of likely N-dealkylation sites (tertiary alicyclic amines) is 1. The predicted octanol–water partition coefficient (Wildman–Crippen LogP) is 4.58. The van der Waals surface area contributed by atoms with Crippen LogP contribution in [-0.2, 0) is 25.9 Å². The summed E-state index contributed by atoms with van der Waals surface area (Å²) in [5.41, 5.74) is 0.222. The van der Waals surface area contributed by atoms with E-state index in [9.17, 15) is 23.1 Å². The lowest BCUT2D eigenvalue weighted by Gasteiger charge is -2.31. The van der Waals surface area contributed by atoms with Crippen molar-refractivity contribution in [3.63, 3.8) is 0 Å². The number of aliphatic hydroxyl groups excluding tert-OH is 1. The minimum Gasteiger partial charge on any atom is -0.497 e. The topological polar surface area (TPSA) is 135 Å². The maximum Gasteiger partial charge on any atom is 0.410 e. The third-order valence-electron chi connectivity index (χ3n) is 8.16. The molecule has 0 unspecified atom stereocenters. The monoisotopic (exact) mass is 645 g/mol. The number of ether oxygens (including phenoxy) is 3. The van der Waals surface area contributed by atoms with Gasteiger partial charge in [-0.05, 0) is 75.8 Å². The molecule has 1 aliphatic carbocycles. The quantitative estimate of drug-likeness (QED) is 0.343. The highest BCUT2D eigenvalue weighted by Crippen LogP contribution is 2.29.